The minimum Gasteiger partial charge on any atom is -0.496 e. The molecule has 0 unspecified atom stereocenters. The van der Waals surface area contributed by atoms with Crippen LogP contribution in [0.1, 0.15) is 22.3 Å². The third kappa shape index (κ3) is 5.94. The van der Waals surface area contributed by atoms with Gasteiger partial charge in [0.2, 0.25) is 0 Å². The fraction of sp³-hybridized carbons (Fsp3) is 0.348. The van der Waals surface area contributed by atoms with Crippen LogP contribution in [0, 0.1) is 0 Å². The highest BCUT2D eigenvalue weighted by molar-refractivity contribution is 6.07. The van der Waals surface area contributed by atoms with Crippen LogP contribution in [0.25, 0.3) is 6.08 Å². The van der Waals surface area contributed by atoms with Crippen LogP contribution in [0.5, 0.6) is 11.5 Å². The van der Waals surface area contributed by atoms with E-state index in [0.29, 0.717) is 12.2 Å². The molecule has 1 aliphatic rings. The predicted octanol–water partition coefficient (Wildman–Crippen LogP) is 3.69. The summed E-state index contributed by atoms with van der Waals surface area (Å²) in [5.74, 6) is 1.48. The van der Waals surface area contributed by atoms with Gasteiger partial charge in [0.15, 0.2) is 5.78 Å². The first-order valence-corrected chi connectivity index (χ1v) is 9.64. The molecule has 3 rings (SSSR count). The van der Waals surface area contributed by atoms with Gasteiger partial charge in [0, 0.05) is 30.8 Å². The second-order valence-electron chi connectivity index (χ2n) is 6.62. The second-order valence-corrected chi connectivity index (χ2v) is 6.62. The van der Waals surface area contributed by atoms with Crippen molar-refractivity contribution >= 4 is 11.9 Å². The fourth-order valence-electron chi connectivity index (χ4n) is 3.08. The lowest BCUT2D eigenvalue weighted by atomic mass is 10.1. The van der Waals surface area contributed by atoms with E-state index in [2.05, 4.69) is 4.90 Å². The number of allylic oxidation sites excluding steroid dienone is 1. The van der Waals surface area contributed by atoms with Crippen LogP contribution in [0.2, 0.25) is 0 Å². The first-order valence-electron chi connectivity index (χ1n) is 9.64. The smallest absolute Gasteiger partial charge is 0.185 e. The van der Waals surface area contributed by atoms with Gasteiger partial charge in [0.05, 0.1) is 26.9 Å². The lowest BCUT2D eigenvalue weighted by Gasteiger charge is -2.26. The van der Waals surface area contributed by atoms with Gasteiger partial charge in [0.25, 0.3) is 0 Å². The van der Waals surface area contributed by atoms with E-state index in [4.69, 9.17) is 14.2 Å². The Kier molecular flexibility index (Phi) is 7.64. The Morgan fingerprint density at radius 2 is 1.86 bits per heavy atom. The van der Waals surface area contributed by atoms with Crippen LogP contribution in [0.15, 0.2) is 54.6 Å². The number of rotatable bonds is 9. The number of methoxy groups -OCH3 is 1. The largest absolute Gasteiger partial charge is 0.496 e. The van der Waals surface area contributed by atoms with Gasteiger partial charge in [-0.25, -0.2) is 0 Å². The molecule has 5 nitrogen and oxygen atoms in total. The lowest BCUT2D eigenvalue weighted by molar-refractivity contribution is 0.0358. The van der Waals surface area contributed by atoms with E-state index in [-0.39, 0.29) is 5.78 Å². The van der Waals surface area contributed by atoms with Crippen molar-refractivity contribution in [3.05, 3.63) is 65.7 Å². The number of ether oxygens (including phenoxy) is 3. The van der Waals surface area contributed by atoms with Gasteiger partial charge < -0.3 is 14.2 Å². The predicted molar refractivity (Wildman–Crippen MR) is 110 cm³/mol. The van der Waals surface area contributed by atoms with Crippen molar-refractivity contribution in [3.8, 4) is 11.5 Å². The van der Waals surface area contributed by atoms with Gasteiger partial charge in [-0.05, 0) is 48.9 Å². The molecule has 0 spiro atoms. The number of benzene rings is 2. The van der Waals surface area contributed by atoms with Gasteiger partial charge in [-0.3, -0.25) is 9.69 Å². The van der Waals surface area contributed by atoms with E-state index >= 15 is 0 Å². The van der Waals surface area contributed by atoms with Crippen molar-refractivity contribution in [2.75, 3.05) is 46.6 Å². The average Bonchev–Trinajstić information content (AvgIpc) is 2.76. The van der Waals surface area contributed by atoms with Gasteiger partial charge in [-0.1, -0.05) is 18.2 Å². The Bertz CT molecular complexity index is 779. The number of carbonyl (C=O) groups is 1. The highest BCUT2D eigenvalue weighted by Crippen LogP contribution is 2.19. The standard InChI is InChI=1S/C23H27NO4/c1-26-23-6-3-2-5-20(23)9-12-22(25)19-7-10-21(11-8-19)28-16-4-13-24-14-17-27-18-15-24/h2-3,5-12H,4,13-18H2,1H3/b12-9+. The SMILES string of the molecule is COc1ccccc1/C=C/C(=O)c1ccc(OCCCN2CCOCC2)cc1. The molecule has 148 valence electrons. The molecule has 0 radical (unpaired) electrons. The summed E-state index contributed by atoms with van der Waals surface area (Å²) in [6.45, 7) is 5.33. The molecular weight excluding hydrogens is 354 g/mol. The number of carbonyl (C=O) groups excluding carboxylic acids is 1. The van der Waals surface area contributed by atoms with E-state index in [0.717, 1.165) is 56.3 Å². The maximum absolute atomic E-state index is 12.4. The van der Waals surface area contributed by atoms with Crippen LogP contribution in [0.4, 0.5) is 0 Å². The van der Waals surface area contributed by atoms with Gasteiger partial charge in [0.1, 0.15) is 11.5 Å². The second kappa shape index (κ2) is 10.6. The Morgan fingerprint density at radius 1 is 1.11 bits per heavy atom. The third-order valence-corrected chi connectivity index (χ3v) is 4.68. The summed E-state index contributed by atoms with van der Waals surface area (Å²) in [7, 11) is 1.62. The Hall–Kier alpha value is -2.63. The third-order valence-electron chi connectivity index (χ3n) is 4.68. The molecule has 0 atom stereocenters. The molecule has 1 saturated heterocycles. The van der Waals surface area contributed by atoms with Gasteiger partial charge in [-0.2, -0.15) is 0 Å². The van der Waals surface area contributed by atoms with Crippen molar-refractivity contribution in [1.29, 1.82) is 0 Å². The molecule has 1 fully saturated rings. The Balaban J connectivity index is 1.46. The summed E-state index contributed by atoms with van der Waals surface area (Å²) in [5.41, 5.74) is 1.50. The minimum atomic E-state index is -0.0511. The number of ketones is 1. The summed E-state index contributed by atoms with van der Waals surface area (Å²) in [6, 6.07) is 14.9. The first kappa shape index (κ1) is 20.1. The average molecular weight is 381 g/mol. The van der Waals surface area contributed by atoms with E-state index in [1.807, 2.05) is 36.4 Å². The van der Waals surface area contributed by atoms with Gasteiger partial charge >= 0.3 is 0 Å². The lowest BCUT2D eigenvalue weighted by Crippen LogP contribution is -2.37. The maximum atomic E-state index is 12.4. The number of morpholine rings is 1. The van der Waals surface area contributed by atoms with Crippen LogP contribution >= 0.6 is 0 Å². The summed E-state index contributed by atoms with van der Waals surface area (Å²) in [4.78, 5) is 14.8. The summed E-state index contributed by atoms with van der Waals surface area (Å²) in [6.07, 6.45) is 4.32. The molecule has 1 heterocycles. The topological polar surface area (TPSA) is 48.0 Å². The number of nitrogens with zero attached hydrogens (tertiary/aromatic N) is 1. The maximum Gasteiger partial charge on any atom is 0.185 e. The highest BCUT2D eigenvalue weighted by Gasteiger charge is 2.09. The number of para-hydroxylation sites is 1. The monoisotopic (exact) mass is 381 g/mol. The summed E-state index contributed by atoms with van der Waals surface area (Å²) < 4.78 is 16.4. The normalized spacial score (nSPS) is 14.9. The number of hydrogen-bond donors (Lipinski definition) is 0. The van der Waals surface area contributed by atoms with Crippen molar-refractivity contribution in [2.24, 2.45) is 0 Å². The molecule has 5 heteroatoms. The summed E-state index contributed by atoms with van der Waals surface area (Å²) in [5, 5.41) is 0. The molecule has 28 heavy (non-hydrogen) atoms. The minimum absolute atomic E-state index is 0.0511. The molecule has 0 saturated carbocycles. The van der Waals surface area contributed by atoms with Crippen molar-refractivity contribution in [2.45, 2.75) is 6.42 Å². The van der Waals surface area contributed by atoms with Crippen LogP contribution in [-0.4, -0.2) is 57.2 Å². The van der Waals surface area contributed by atoms with E-state index < -0.39 is 0 Å². The van der Waals surface area contributed by atoms with Crippen molar-refractivity contribution in [3.63, 3.8) is 0 Å². The molecule has 1 aliphatic heterocycles. The fourth-order valence-corrected chi connectivity index (χ4v) is 3.08. The van der Waals surface area contributed by atoms with E-state index in [1.165, 1.54) is 0 Å². The zero-order valence-corrected chi connectivity index (χ0v) is 16.3. The van der Waals surface area contributed by atoms with Crippen LogP contribution in [-0.2, 0) is 4.74 Å². The molecule has 0 N–H and O–H groups in total. The summed E-state index contributed by atoms with van der Waals surface area (Å²) >= 11 is 0. The molecule has 2 aromatic carbocycles. The van der Waals surface area contributed by atoms with Crippen molar-refractivity contribution < 1.29 is 19.0 Å². The Morgan fingerprint density at radius 3 is 2.61 bits per heavy atom. The zero-order chi connectivity index (χ0) is 19.6. The Labute approximate surface area is 166 Å². The zero-order valence-electron chi connectivity index (χ0n) is 16.3. The molecule has 2 aromatic rings. The van der Waals surface area contributed by atoms with E-state index in [9.17, 15) is 4.79 Å². The van der Waals surface area contributed by atoms with Crippen LogP contribution < -0.4 is 9.47 Å². The number of hydrogen-bond acceptors (Lipinski definition) is 5. The molecule has 0 amide bonds. The molecular formula is C23H27NO4. The molecule has 0 bridgehead atoms. The molecule has 0 aliphatic carbocycles. The van der Waals surface area contributed by atoms with Crippen LogP contribution in [0.3, 0.4) is 0 Å². The quantitative estimate of drug-likeness (QED) is 0.377. The van der Waals surface area contributed by atoms with Crippen molar-refractivity contribution in [1.82, 2.24) is 4.90 Å². The van der Waals surface area contributed by atoms with E-state index in [1.54, 1.807) is 31.4 Å². The molecule has 0 aromatic heterocycles. The van der Waals surface area contributed by atoms with Gasteiger partial charge in [-0.15, -0.1) is 0 Å². The highest BCUT2D eigenvalue weighted by atomic mass is 16.5. The first-order chi connectivity index (χ1) is 13.8.